The van der Waals surface area contributed by atoms with Gasteiger partial charge < -0.3 is 15.0 Å². The molecule has 0 bridgehead atoms. The molecule has 0 atom stereocenters. The van der Waals surface area contributed by atoms with Crippen molar-refractivity contribution in [2.45, 2.75) is 19.9 Å². The fraction of sp³-hybridized carbons (Fsp3) is 0.250. The number of rotatable bonds is 4. The van der Waals surface area contributed by atoms with Crippen LogP contribution >= 0.6 is 0 Å². The van der Waals surface area contributed by atoms with Crippen LogP contribution in [0.1, 0.15) is 35.8 Å². The molecule has 3 aromatic heterocycles. The second-order valence-corrected chi connectivity index (χ2v) is 5.42. The van der Waals surface area contributed by atoms with Crippen molar-refractivity contribution < 1.29 is 9.53 Å². The Bertz CT molecular complexity index is 885. The maximum Gasteiger partial charge on any atom is 0.213 e. The second-order valence-electron chi connectivity index (χ2n) is 5.42. The molecular formula is C16H17N5O2. The molecule has 3 heterocycles. The summed E-state index contributed by atoms with van der Waals surface area (Å²) in [5.41, 5.74) is 7.59. The summed E-state index contributed by atoms with van der Waals surface area (Å²) in [5.74, 6) is 0.503. The van der Waals surface area contributed by atoms with E-state index in [1.807, 2.05) is 18.4 Å². The first-order valence-corrected chi connectivity index (χ1v) is 7.18. The van der Waals surface area contributed by atoms with E-state index >= 15 is 0 Å². The van der Waals surface area contributed by atoms with Crippen LogP contribution in [0, 0.1) is 0 Å². The predicted molar refractivity (Wildman–Crippen MR) is 86.5 cm³/mol. The Hall–Kier alpha value is -2.96. The molecule has 3 aromatic rings. The van der Waals surface area contributed by atoms with Gasteiger partial charge in [0, 0.05) is 30.1 Å². The number of anilines is 1. The summed E-state index contributed by atoms with van der Waals surface area (Å²) in [6.45, 7) is 4.03. The van der Waals surface area contributed by atoms with Gasteiger partial charge in [0.1, 0.15) is 17.8 Å². The maximum absolute atomic E-state index is 12.9. The van der Waals surface area contributed by atoms with E-state index in [0.29, 0.717) is 33.9 Å². The number of ketones is 1. The summed E-state index contributed by atoms with van der Waals surface area (Å²) in [5, 5.41) is 0.571. The maximum atomic E-state index is 12.9. The number of pyridine rings is 1. The van der Waals surface area contributed by atoms with Gasteiger partial charge in [-0.05, 0) is 19.9 Å². The monoisotopic (exact) mass is 311 g/mol. The standard InChI is InChI=1S/C16H17N5O2/c1-9(2)21-7-11(13-15(17)19-8-20-16(13)21)14(22)10-4-5-18-12(6-10)23-3/h4-9H,1-3H3,(H2,17,19,20). The van der Waals surface area contributed by atoms with Crippen LogP contribution in [0.4, 0.5) is 5.82 Å². The van der Waals surface area contributed by atoms with Crippen molar-refractivity contribution >= 4 is 22.6 Å². The number of nitrogen functional groups attached to an aromatic ring is 1. The third-order valence-electron chi connectivity index (χ3n) is 3.65. The van der Waals surface area contributed by atoms with Crippen molar-refractivity contribution in [3.05, 3.63) is 42.0 Å². The smallest absolute Gasteiger partial charge is 0.213 e. The lowest BCUT2D eigenvalue weighted by molar-refractivity contribution is 0.103. The molecule has 0 radical (unpaired) electrons. The van der Waals surface area contributed by atoms with E-state index in [2.05, 4.69) is 15.0 Å². The number of hydrogen-bond donors (Lipinski definition) is 1. The van der Waals surface area contributed by atoms with E-state index in [9.17, 15) is 4.79 Å². The van der Waals surface area contributed by atoms with E-state index in [1.165, 1.54) is 19.6 Å². The van der Waals surface area contributed by atoms with Crippen molar-refractivity contribution in [2.24, 2.45) is 0 Å². The van der Waals surface area contributed by atoms with Crippen molar-refractivity contribution in [1.82, 2.24) is 19.5 Å². The van der Waals surface area contributed by atoms with Gasteiger partial charge in [0.15, 0.2) is 5.78 Å². The van der Waals surface area contributed by atoms with Crippen molar-refractivity contribution in [3.63, 3.8) is 0 Å². The van der Waals surface area contributed by atoms with Crippen LogP contribution in [0.5, 0.6) is 5.88 Å². The third-order valence-corrected chi connectivity index (χ3v) is 3.65. The van der Waals surface area contributed by atoms with Crippen LogP contribution in [0.15, 0.2) is 30.9 Å². The van der Waals surface area contributed by atoms with Crippen LogP contribution in [0.2, 0.25) is 0 Å². The van der Waals surface area contributed by atoms with Gasteiger partial charge in [-0.2, -0.15) is 0 Å². The zero-order valence-electron chi connectivity index (χ0n) is 13.1. The van der Waals surface area contributed by atoms with Crippen molar-refractivity contribution in [3.8, 4) is 5.88 Å². The quantitative estimate of drug-likeness (QED) is 0.742. The number of carbonyl (C=O) groups is 1. The predicted octanol–water partition coefficient (Wildman–Crippen LogP) is 2.23. The lowest BCUT2D eigenvalue weighted by atomic mass is 10.0. The number of nitrogens with zero attached hydrogens (tertiary/aromatic N) is 4. The van der Waals surface area contributed by atoms with E-state index in [-0.39, 0.29) is 11.8 Å². The van der Waals surface area contributed by atoms with Crippen molar-refractivity contribution in [2.75, 3.05) is 12.8 Å². The lowest BCUT2D eigenvalue weighted by Gasteiger charge is -2.07. The molecule has 0 saturated heterocycles. The van der Waals surface area contributed by atoms with E-state index < -0.39 is 0 Å². The molecule has 0 unspecified atom stereocenters. The normalized spacial score (nSPS) is 11.1. The molecule has 0 aliphatic heterocycles. The Balaban J connectivity index is 2.21. The van der Waals surface area contributed by atoms with E-state index in [0.717, 1.165) is 0 Å². The van der Waals surface area contributed by atoms with Gasteiger partial charge in [-0.3, -0.25) is 4.79 Å². The Morgan fingerprint density at radius 1 is 1.30 bits per heavy atom. The van der Waals surface area contributed by atoms with Crippen molar-refractivity contribution in [1.29, 1.82) is 0 Å². The number of nitrogens with two attached hydrogens (primary N) is 1. The molecule has 0 amide bonds. The Morgan fingerprint density at radius 2 is 2.09 bits per heavy atom. The highest BCUT2D eigenvalue weighted by atomic mass is 16.5. The fourth-order valence-corrected chi connectivity index (χ4v) is 2.49. The minimum Gasteiger partial charge on any atom is -0.481 e. The average Bonchev–Trinajstić information content (AvgIpc) is 2.95. The van der Waals surface area contributed by atoms with Crippen LogP contribution in [0.3, 0.4) is 0 Å². The second kappa shape index (κ2) is 5.68. The van der Waals surface area contributed by atoms with Gasteiger partial charge in [0.2, 0.25) is 5.88 Å². The van der Waals surface area contributed by atoms with Gasteiger partial charge in [-0.15, -0.1) is 0 Å². The van der Waals surface area contributed by atoms with E-state index in [1.54, 1.807) is 18.3 Å². The summed E-state index contributed by atoms with van der Waals surface area (Å²) in [7, 11) is 1.51. The molecule has 0 aliphatic carbocycles. The highest BCUT2D eigenvalue weighted by Gasteiger charge is 2.21. The molecule has 0 saturated carbocycles. The van der Waals surface area contributed by atoms with Crippen LogP contribution in [-0.2, 0) is 0 Å². The Labute approximate surface area is 133 Å². The molecule has 23 heavy (non-hydrogen) atoms. The lowest BCUT2D eigenvalue weighted by Crippen LogP contribution is -2.03. The van der Waals surface area contributed by atoms with Gasteiger partial charge in [0.05, 0.1) is 18.1 Å². The van der Waals surface area contributed by atoms with E-state index in [4.69, 9.17) is 10.5 Å². The molecule has 0 fully saturated rings. The first kappa shape index (κ1) is 15.0. The number of ether oxygens (including phenoxy) is 1. The van der Waals surface area contributed by atoms with Crippen LogP contribution < -0.4 is 10.5 Å². The van der Waals surface area contributed by atoms with Gasteiger partial charge in [-0.25, -0.2) is 15.0 Å². The first-order chi connectivity index (χ1) is 11.0. The van der Waals surface area contributed by atoms with Crippen LogP contribution in [0.25, 0.3) is 11.0 Å². The number of methoxy groups -OCH3 is 1. The Morgan fingerprint density at radius 3 is 2.78 bits per heavy atom. The topological polar surface area (TPSA) is 95.9 Å². The zero-order chi connectivity index (χ0) is 16.6. The molecule has 2 N–H and O–H groups in total. The highest BCUT2D eigenvalue weighted by molar-refractivity contribution is 6.18. The number of fused-ring (bicyclic) bond motifs is 1. The molecule has 0 aliphatic rings. The number of carbonyl (C=O) groups excluding carboxylic acids is 1. The number of hydrogen-bond acceptors (Lipinski definition) is 6. The fourth-order valence-electron chi connectivity index (χ4n) is 2.49. The number of aromatic nitrogens is 4. The summed E-state index contributed by atoms with van der Waals surface area (Å²) in [4.78, 5) is 25.2. The summed E-state index contributed by atoms with van der Waals surface area (Å²) in [6.07, 6.45) is 4.71. The van der Waals surface area contributed by atoms with Gasteiger partial charge >= 0.3 is 0 Å². The summed E-state index contributed by atoms with van der Waals surface area (Å²) < 4.78 is 6.99. The summed E-state index contributed by atoms with van der Waals surface area (Å²) >= 11 is 0. The zero-order valence-corrected chi connectivity index (χ0v) is 13.1. The third kappa shape index (κ3) is 2.50. The SMILES string of the molecule is COc1cc(C(=O)c2cn(C(C)C)c3ncnc(N)c23)ccn1. The molecule has 3 rings (SSSR count). The minimum atomic E-state index is -0.170. The largest absolute Gasteiger partial charge is 0.481 e. The van der Waals surface area contributed by atoms with Crippen LogP contribution in [-0.4, -0.2) is 32.4 Å². The summed E-state index contributed by atoms with van der Waals surface area (Å²) in [6, 6.07) is 3.38. The Kier molecular flexibility index (Phi) is 3.69. The molecular weight excluding hydrogens is 294 g/mol. The first-order valence-electron chi connectivity index (χ1n) is 7.18. The van der Waals surface area contributed by atoms with Gasteiger partial charge in [-0.1, -0.05) is 0 Å². The molecule has 7 nitrogen and oxygen atoms in total. The highest BCUT2D eigenvalue weighted by Crippen LogP contribution is 2.28. The minimum absolute atomic E-state index is 0.139. The molecule has 118 valence electrons. The molecule has 0 spiro atoms. The molecule has 7 heteroatoms. The molecule has 0 aromatic carbocycles. The average molecular weight is 311 g/mol. The van der Waals surface area contributed by atoms with Gasteiger partial charge in [0.25, 0.3) is 0 Å².